The Morgan fingerprint density at radius 3 is 2.33 bits per heavy atom. The molecule has 1 heterocycles. The Kier molecular flexibility index (Phi) is 3.56. The maximum atomic E-state index is 13.2. The molecule has 3 nitrogen and oxygen atoms in total. The molecule has 0 fully saturated rings. The molecule has 0 unspecified atom stereocenters. The standard InChI is InChI=1S/C11H9ClF3N3/c1-2-3-9-16-17-11(12)18(9)6-4-7(13)10(15)8(14)5-6/h4-5H,2-3H2,1H3. The zero-order chi connectivity index (χ0) is 13.3. The second-order valence-corrected chi connectivity index (χ2v) is 4.03. The van der Waals surface area contributed by atoms with E-state index in [2.05, 4.69) is 10.2 Å². The molecule has 0 aliphatic rings. The molecule has 1 aromatic heterocycles. The Labute approximate surface area is 106 Å². The van der Waals surface area contributed by atoms with Crippen LogP contribution in [0.15, 0.2) is 12.1 Å². The summed E-state index contributed by atoms with van der Waals surface area (Å²) in [6.07, 6.45) is 1.31. The zero-order valence-electron chi connectivity index (χ0n) is 9.42. The molecule has 18 heavy (non-hydrogen) atoms. The first-order valence-corrected chi connectivity index (χ1v) is 5.67. The first-order chi connectivity index (χ1) is 8.54. The highest BCUT2D eigenvalue weighted by molar-refractivity contribution is 6.28. The molecule has 1 aromatic carbocycles. The van der Waals surface area contributed by atoms with Crippen LogP contribution in [0.25, 0.3) is 5.69 Å². The smallest absolute Gasteiger partial charge is 0.229 e. The fraction of sp³-hybridized carbons (Fsp3) is 0.273. The number of hydrogen-bond acceptors (Lipinski definition) is 2. The summed E-state index contributed by atoms with van der Waals surface area (Å²) in [5, 5.41) is 7.41. The van der Waals surface area contributed by atoms with E-state index < -0.39 is 17.5 Å². The van der Waals surface area contributed by atoms with E-state index in [9.17, 15) is 13.2 Å². The van der Waals surface area contributed by atoms with E-state index >= 15 is 0 Å². The normalized spacial score (nSPS) is 10.9. The van der Waals surface area contributed by atoms with Gasteiger partial charge in [-0.3, -0.25) is 4.57 Å². The minimum Gasteiger partial charge on any atom is -0.270 e. The summed E-state index contributed by atoms with van der Waals surface area (Å²) < 4.78 is 40.5. The average Bonchev–Trinajstić information content (AvgIpc) is 2.67. The van der Waals surface area contributed by atoms with E-state index in [1.165, 1.54) is 4.57 Å². The van der Waals surface area contributed by atoms with Crippen LogP contribution in [-0.2, 0) is 6.42 Å². The molecule has 0 aliphatic carbocycles. The van der Waals surface area contributed by atoms with Gasteiger partial charge in [-0.15, -0.1) is 10.2 Å². The van der Waals surface area contributed by atoms with Gasteiger partial charge in [0, 0.05) is 18.6 Å². The topological polar surface area (TPSA) is 30.7 Å². The van der Waals surface area contributed by atoms with Crippen LogP contribution in [0.1, 0.15) is 19.2 Å². The highest BCUT2D eigenvalue weighted by Crippen LogP contribution is 2.22. The van der Waals surface area contributed by atoms with Crippen LogP contribution in [0, 0.1) is 17.5 Å². The maximum absolute atomic E-state index is 13.2. The Hall–Kier alpha value is -1.56. The van der Waals surface area contributed by atoms with Gasteiger partial charge in [0.25, 0.3) is 0 Å². The number of halogens is 4. The van der Waals surface area contributed by atoms with Gasteiger partial charge >= 0.3 is 0 Å². The molecule has 0 aliphatic heterocycles. The Morgan fingerprint density at radius 2 is 1.78 bits per heavy atom. The Morgan fingerprint density at radius 1 is 1.17 bits per heavy atom. The maximum Gasteiger partial charge on any atom is 0.229 e. The summed E-state index contributed by atoms with van der Waals surface area (Å²) in [5.41, 5.74) is 0.0600. The fourth-order valence-corrected chi connectivity index (χ4v) is 1.84. The van der Waals surface area contributed by atoms with E-state index in [4.69, 9.17) is 11.6 Å². The van der Waals surface area contributed by atoms with Crippen LogP contribution in [0.5, 0.6) is 0 Å². The first kappa shape index (κ1) is 12.9. The lowest BCUT2D eigenvalue weighted by Gasteiger charge is -2.08. The molecule has 2 aromatic rings. The van der Waals surface area contributed by atoms with Crippen molar-refractivity contribution < 1.29 is 13.2 Å². The van der Waals surface area contributed by atoms with Crippen molar-refractivity contribution in [3.63, 3.8) is 0 Å². The zero-order valence-corrected chi connectivity index (χ0v) is 10.2. The van der Waals surface area contributed by atoms with Crippen LogP contribution in [0.2, 0.25) is 5.28 Å². The summed E-state index contributed by atoms with van der Waals surface area (Å²) in [6.45, 7) is 1.92. The van der Waals surface area contributed by atoms with E-state index in [0.29, 0.717) is 12.2 Å². The van der Waals surface area contributed by atoms with Gasteiger partial charge in [0.2, 0.25) is 5.28 Å². The molecular formula is C11H9ClF3N3. The second kappa shape index (κ2) is 4.97. The van der Waals surface area contributed by atoms with Crippen molar-refractivity contribution in [1.29, 1.82) is 0 Å². The van der Waals surface area contributed by atoms with E-state index in [1.807, 2.05) is 6.92 Å². The third-order valence-electron chi connectivity index (χ3n) is 2.39. The Balaban J connectivity index is 2.58. The molecule has 0 saturated carbocycles. The molecule has 0 radical (unpaired) electrons. The number of hydrogen-bond donors (Lipinski definition) is 0. The summed E-state index contributed by atoms with van der Waals surface area (Å²) in [7, 11) is 0. The molecule has 0 saturated heterocycles. The predicted molar refractivity (Wildman–Crippen MR) is 60.2 cm³/mol. The van der Waals surface area contributed by atoms with Crippen LogP contribution in [-0.4, -0.2) is 14.8 Å². The quantitative estimate of drug-likeness (QED) is 0.805. The minimum atomic E-state index is -1.51. The van der Waals surface area contributed by atoms with Gasteiger partial charge in [-0.25, -0.2) is 13.2 Å². The molecular weight excluding hydrogens is 267 g/mol. The van der Waals surface area contributed by atoms with Crippen LogP contribution in [0.4, 0.5) is 13.2 Å². The highest BCUT2D eigenvalue weighted by Gasteiger charge is 2.16. The van der Waals surface area contributed by atoms with Crippen molar-refractivity contribution in [2.45, 2.75) is 19.8 Å². The third-order valence-corrected chi connectivity index (χ3v) is 2.64. The lowest BCUT2D eigenvalue weighted by Crippen LogP contribution is -2.04. The van der Waals surface area contributed by atoms with Crippen molar-refractivity contribution in [3.05, 3.63) is 40.7 Å². The third kappa shape index (κ3) is 2.20. The molecule has 0 N–H and O–H groups in total. The Bertz CT molecular complexity index is 560. The molecule has 7 heteroatoms. The summed E-state index contributed by atoms with van der Waals surface area (Å²) in [6, 6.07) is 1.71. The summed E-state index contributed by atoms with van der Waals surface area (Å²) in [5.74, 6) is -3.61. The number of aromatic nitrogens is 3. The van der Waals surface area contributed by atoms with Gasteiger partial charge < -0.3 is 0 Å². The second-order valence-electron chi connectivity index (χ2n) is 3.69. The van der Waals surface area contributed by atoms with Gasteiger partial charge in [-0.1, -0.05) is 6.92 Å². The minimum absolute atomic E-state index is 0.0242. The largest absolute Gasteiger partial charge is 0.270 e. The first-order valence-electron chi connectivity index (χ1n) is 5.29. The van der Waals surface area contributed by atoms with Gasteiger partial charge in [-0.05, 0) is 18.0 Å². The van der Waals surface area contributed by atoms with Gasteiger partial charge in [0.15, 0.2) is 17.5 Å². The van der Waals surface area contributed by atoms with E-state index in [1.54, 1.807) is 0 Å². The van der Waals surface area contributed by atoms with E-state index in [-0.39, 0.29) is 11.0 Å². The van der Waals surface area contributed by atoms with Crippen molar-refractivity contribution in [1.82, 2.24) is 14.8 Å². The molecule has 2 rings (SSSR count). The summed E-state index contributed by atoms with van der Waals surface area (Å²) in [4.78, 5) is 0. The van der Waals surface area contributed by atoms with Crippen LogP contribution in [0.3, 0.4) is 0 Å². The van der Waals surface area contributed by atoms with Crippen molar-refractivity contribution in [2.75, 3.05) is 0 Å². The fourth-order valence-electron chi connectivity index (χ4n) is 1.61. The molecule has 96 valence electrons. The number of aryl methyl sites for hydroxylation is 1. The van der Waals surface area contributed by atoms with E-state index in [0.717, 1.165) is 18.6 Å². The number of benzene rings is 1. The SMILES string of the molecule is CCCc1nnc(Cl)n1-c1cc(F)c(F)c(F)c1. The van der Waals surface area contributed by atoms with Gasteiger partial charge in [0.1, 0.15) is 5.82 Å². The molecule has 0 bridgehead atoms. The summed E-state index contributed by atoms with van der Waals surface area (Å²) >= 11 is 5.81. The number of rotatable bonds is 3. The van der Waals surface area contributed by atoms with Crippen molar-refractivity contribution >= 4 is 11.6 Å². The molecule has 0 spiro atoms. The van der Waals surface area contributed by atoms with Crippen molar-refractivity contribution in [2.24, 2.45) is 0 Å². The molecule has 0 atom stereocenters. The lowest BCUT2D eigenvalue weighted by molar-refractivity contribution is 0.446. The number of nitrogens with zero attached hydrogens (tertiary/aromatic N) is 3. The van der Waals surface area contributed by atoms with Crippen molar-refractivity contribution in [3.8, 4) is 5.69 Å². The lowest BCUT2D eigenvalue weighted by atomic mass is 10.2. The van der Waals surface area contributed by atoms with Crippen LogP contribution >= 0.6 is 11.6 Å². The van der Waals surface area contributed by atoms with Crippen LogP contribution < -0.4 is 0 Å². The average molecular weight is 276 g/mol. The monoisotopic (exact) mass is 275 g/mol. The predicted octanol–water partition coefficient (Wildman–Crippen LogP) is 3.29. The molecule has 0 amide bonds. The van der Waals surface area contributed by atoms with Gasteiger partial charge in [0.05, 0.1) is 5.69 Å². The highest BCUT2D eigenvalue weighted by atomic mass is 35.5. The van der Waals surface area contributed by atoms with Gasteiger partial charge in [-0.2, -0.15) is 0 Å².